The van der Waals surface area contributed by atoms with Gasteiger partial charge in [0.2, 0.25) is 0 Å². The summed E-state index contributed by atoms with van der Waals surface area (Å²) in [5.41, 5.74) is 4.73. The summed E-state index contributed by atoms with van der Waals surface area (Å²) >= 11 is 1.27. The molecule has 0 unspecified atom stereocenters. The Morgan fingerprint density at radius 3 is 2.37 bits per heavy atom. The number of hydrogen-bond acceptors (Lipinski definition) is 9. The Kier molecular flexibility index (Phi) is 8.17. The van der Waals surface area contributed by atoms with Crippen molar-refractivity contribution >= 4 is 45.8 Å². The smallest absolute Gasteiger partial charge is 0.347 e. The number of hydrazone groups is 1. The minimum atomic E-state index is -0.990. The number of carbonyl (C=O) groups excluding carboxylic acids is 4. The van der Waals surface area contributed by atoms with E-state index in [-0.39, 0.29) is 0 Å². The van der Waals surface area contributed by atoms with Crippen molar-refractivity contribution in [2.75, 3.05) is 19.5 Å². The Labute approximate surface area is 222 Å². The van der Waals surface area contributed by atoms with Gasteiger partial charge in [0.25, 0.3) is 0 Å². The summed E-state index contributed by atoms with van der Waals surface area (Å²) in [5, 5.41) is 6.78. The first kappa shape index (κ1) is 26.6. The van der Waals surface area contributed by atoms with Crippen molar-refractivity contribution in [2.45, 2.75) is 26.2 Å². The fourth-order valence-electron chi connectivity index (χ4n) is 3.96. The average Bonchev–Trinajstić information content (AvgIpc) is 3.52. The highest BCUT2D eigenvalue weighted by Crippen LogP contribution is 2.39. The minimum absolute atomic E-state index is 0.292. The number of carbonyl (C=O) groups is 4. The van der Waals surface area contributed by atoms with Gasteiger partial charge in [-0.25, -0.2) is 15.0 Å². The molecule has 1 heterocycles. The predicted octanol–water partition coefficient (Wildman–Crippen LogP) is 3.73. The molecule has 0 aliphatic heterocycles. The van der Waals surface area contributed by atoms with Gasteiger partial charge in [-0.3, -0.25) is 9.59 Å². The van der Waals surface area contributed by atoms with Crippen molar-refractivity contribution in [2.24, 2.45) is 5.10 Å². The van der Waals surface area contributed by atoms with Gasteiger partial charge in [0.15, 0.2) is 0 Å². The Morgan fingerprint density at radius 2 is 1.66 bits per heavy atom. The highest BCUT2D eigenvalue weighted by Gasteiger charge is 2.29. The number of nitrogens with zero attached hydrogens (tertiary/aromatic N) is 1. The summed E-state index contributed by atoms with van der Waals surface area (Å²) in [5.74, 6) is -2.34. The minimum Gasteiger partial charge on any atom is -0.496 e. The third-order valence-corrected chi connectivity index (χ3v) is 7.09. The van der Waals surface area contributed by atoms with Crippen LogP contribution < -0.4 is 20.2 Å². The highest BCUT2D eigenvalue weighted by atomic mass is 32.1. The topological polar surface area (TPSA) is 132 Å². The van der Waals surface area contributed by atoms with Crippen molar-refractivity contribution in [3.05, 3.63) is 75.7 Å². The number of esters is 2. The number of thiophene rings is 1. The van der Waals surface area contributed by atoms with Gasteiger partial charge in [-0.05, 0) is 73.7 Å². The average molecular weight is 536 g/mol. The van der Waals surface area contributed by atoms with Crippen LogP contribution in [0.2, 0.25) is 0 Å². The molecule has 1 aliphatic carbocycles. The zero-order chi connectivity index (χ0) is 27.2. The van der Waals surface area contributed by atoms with E-state index < -0.39 is 23.8 Å². The number of fused-ring (bicyclic) bond motifs is 1. The molecule has 0 atom stereocenters. The number of aryl methyl sites for hydroxylation is 1. The Morgan fingerprint density at radius 1 is 0.921 bits per heavy atom. The van der Waals surface area contributed by atoms with E-state index in [0.29, 0.717) is 38.9 Å². The summed E-state index contributed by atoms with van der Waals surface area (Å²) in [6.45, 7) is 1.65. The van der Waals surface area contributed by atoms with Gasteiger partial charge in [-0.1, -0.05) is 12.1 Å². The van der Waals surface area contributed by atoms with Crippen LogP contribution in [0.4, 0.5) is 5.00 Å². The largest absolute Gasteiger partial charge is 0.496 e. The van der Waals surface area contributed by atoms with E-state index in [4.69, 9.17) is 14.2 Å². The van der Waals surface area contributed by atoms with Gasteiger partial charge in [-0.15, -0.1) is 11.3 Å². The first-order valence-electron chi connectivity index (χ1n) is 11.7. The summed E-state index contributed by atoms with van der Waals surface area (Å²) < 4.78 is 15.4. The molecule has 1 aromatic heterocycles. The molecule has 196 valence electrons. The van der Waals surface area contributed by atoms with E-state index in [1.807, 2.05) is 0 Å². The molecule has 4 rings (SSSR count). The molecule has 1 aliphatic rings. The van der Waals surface area contributed by atoms with Gasteiger partial charge in [0.1, 0.15) is 22.1 Å². The monoisotopic (exact) mass is 535 g/mol. The number of nitrogens with one attached hydrogen (secondary N) is 2. The van der Waals surface area contributed by atoms with E-state index in [1.165, 1.54) is 25.6 Å². The van der Waals surface area contributed by atoms with Crippen molar-refractivity contribution in [1.82, 2.24) is 5.43 Å². The summed E-state index contributed by atoms with van der Waals surface area (Å²) in [7, 11) is 2.74. The fraction of sp³-hybridized carbons (Fsp3) is 0.222. The Bertz CT molecular complexity index is 1430. The van der Waals surface area contributed by atoms with Crippen LogP contribution >= 0.6 is 11.3 Å². The molecule has 3 aromatic rings. The molecule has 11 heteroatoms. The highest BCUT2D eigenvalue weighted by molar-refractivity contribution is 7.17. The van der Waals surface area contributed by atoms with E-state index in [2.05, 4.69) is 15.8 Å². The number of hydrogen-bond donors (Lipinski definition) is 2. The first-order valence-corrected chi connectivity index (χ1v) is 12.5. The molecule has 0 fully saturated rings. The summed E-state index contributed by atoms with van der Waals surface area (Å²) in [4.78, 5) is 50.5. The SMILES string of the molecule is COC(=O)c1c(NC(=O)C(=O)N/N=C(\C)c2ccc(OC(=O)c3ccccc3OC)cc2)sc2c1CCC2. The zero-order valence-corrected chi connectivity index (χ0v) is 21.8. The maximum absolute atomic E-state index is 12.5. The van der Waals surface area contributed by atoms with Gasteiger partial charge >= 0.3 is 23.8 Å². The predicted molar refractivity (Wildman–Crippen MR) is 141 cm³/mol. The van der Waals surface area contributed by atoms with Gasteiger partial charge in [-0.2, -0.15) is 5.10 Å². The fourth-order valence-corrected chi connectivity index (χ4v) is 5.23. The number of anilines is 1. The van der Waals surface area contributed by atoms with Crippen LogP contribution in [0.15, 0.2) is 53.6 Å². The van der Waals surface area contributed by atoms with E-state index in [1.54, 1.807) is 55.5 Å². The molecule has 0 radical (unpaired) electrons. The zero-order valence-electron chi connectivity index (χ0n) is 21.0. The molecule has 0 bridgehead atoms. The number of para-hydroxylation sites is 1. The second kappa shape index (κ2) is 11.7. The van der Waals surface area contributed by atoms with Crippen LogP contribution in [0.5, 0.6) is 11.5 Å². The number of benzene rings is 2. The molecule has 2 N–H and O–H groups in total. The van der Waals surface area contributed by atoms with Crippen molar-refractivity contribution in [3.63, 3.8) is 0 Å². The van der Waals surface area contributed by atoms with Gasteiger partial charge in [0.05, 0.1) is 25.5 Å². The molecule has 0 spiro atoms. The van der Waals surface area contributed by atoms with Crippen LogP contribution in [0, 0.1) is 0 Å². The Hall–Kier alpha value is -4.51. The van der Waals surface area contributed by atoms with Crippen LogP contribution in [-0.4, -0.2) is 43.7 Å². The molecular weight excluding hydrogens is 510 g/mol. The van der Waals surface area contributed by atoms with Gasteiger partial charge in [0, 0.05) is 4.88 Å². The Balaban J connectivity index is 1.37. The number of ether oxygens (including phenoxy) is 3. The standard InChI is InChI=1S/C27H25N3O7S/c1-15(16-11-13-17(14-12-16)37-26(33)18-7-4-5-9-20(18)35-2)29-30-24(32)23(31)28-25-22(27(34)36-3)19-8-6-10-21(19)38-25/h4-5,7,9,11-14H,6,8,10H2,1-3H3,(H,28,31)(H,30,32)/b29-15+. The van der Waals surface area contributed by atoms with E-state index >= 15 is 0 Å². The van der Waals surface area contributed by atoms with Crippen molar-refractivity contribution < 1.29 is 33.4 Å². The normalized spacial score (nSPS) is 12.3. The third-order valence-electron chi connectivity index (χ3n) is 5.88. The molecular formula is C27H25N3O7S. The maximum Gasteiger partial charge on any atom is 0.347 e. The maximum atomic E-state index is 12.5. The lowest BCUT2D eigenvalue weighted by Gasteiger charge is -2.09. The van der Waals surface area contributed by atoms with Crippen LogP contribution in [0.1, 0.15) is 50.1 Å². The van der Waals surface area contributed by atoms with Crippen LogP contribution in [-0.2, 0) is 27.2 Å². The van der Waals surface area contributed by atoms with E-state index in [9.17, 15) is 19.2 Å². The number of amides is 2. The van der Waals surface area contributed by atoms with Crippen LogP contribution in [0.3, 0.4) is 0 Å². The number of methoxy groups -OCH3 is 2. The molecule has 38 heavy (non-hydrogen) atoms. The van der Waals surface area contributed by atoms with Gasteiger partial charge < -0.3 is 19.5 Å². The lowest BCUT2D eigenvalue weighted by Crippen LogP contribution is -2.33. The van der Waals surface area contributed by atoms with Crippen molar-refractivity contribution in [1.29, 1.82) is 0 Å². The molecule has 10 nitrogen and oxygen atoms in total. The quantitative estimate of drug-likeness (QED) is 0.155. The first-order chi connectivity index (χ1) is 18.3. The second-order valence-corrected chi connectivity index (χ2v) is 9.36. The van der Waals surface area contributed by atoms with Crippen LogP contribution in [0.25, 0.3) is 0 Å². The molecule has 2 aromatic carbocycles. The number of rotatable bonds is 7. The lowest BCUT2D eigenvalue weighted by molar-refractivity contribution is -0.136. The third kappa shape index (κ3) is 5.73. The summed E-state index contributed by atoms with van der Waals surface area (Å²) in [6.07, 6.45) is 2.47. The second-order valence-electron chi connectivity index (χ2n) is 8.26. The van der Waals surface area contributed by atoms with Crippen molar-refractivity contribution in [3.8, 4) is 11.5 Å². The molecule has 0 saturated carbocycles. The lowest BCUT2D eigenvalue weighted by atomic mass is 10.1. The van der Waals surface area contributed by atoms with E-state index in [0.717, 1.165) is 29.7 Å². The molecule has 2 amide bonds. The summed E-state index contributed by atoms with van der Waals surface area (Å²) in [6, 6.07) is 13.2. The molecule has 0 saturated heterocycles.